The van der Waals surface area contributed by atoms with Crippen molar-refractivity contribution in [2.45, 2.75) is 19.8 Å². The Bertz CT molecular complexity index is 991. The summed E-state index contributed by atoms with van der Waals surface area (Å²) in [6.07, 6.45) is 3.63. The number of hydrogen-bond donors (Lipinski definition) is 1. The van der Waals surface area contributed by atoms with Gasteiger partial charge in [0.05, 0.1) is 16.6 Å². The first-order chi connectivity index (χ1) is 12.6. The van der Waals surface area contributed by atoms with E-state index in [4.69, 9.17) is 4.98 Å². The van der Waals surface area contributed by atoms with Crippen molar-refractivity contribution < 1.29 is 0 Å². The molecule has 0 aliphatic rings. The van der Waals surface area contributed by atoms with Crippen LogP contribution in [0.1, 0.15) is 23.1 Å². The first kappa shape index (κ1) is 18.0. The van der Waals surface area contributed by atoms with Crippen LogP contribution in [0.25, 0.3) is 16.7 Å². The maximum absolute atomic E-state index is 9.75. The van der Waals surface area contributed by atoms with E-state index >= 15 is 0 Å². The molecule has 5 nitrogen and oxygen atoms in total. The van der Waals surface area contributed by atoms with E-state index in [-0.39, 0.29) is 0 Å². The van der Waals surface area contributed by atoms with Crippen LogP contribution in [0.3, 0.4) is 0 Å². The normalized spacial score (nSPS) is 11.2. The number of anilines is 1. The Labute approximate surface area is 154 Å². The summed E-state index contributed by atoms with van der Waals surface area (Å²) in [4.78, 5) is 6.91. The zero-order chi connectivity index (χ0) is 18.7. The average molecular weight is 347 g/mol. The lowest BCUT2D eigenvalue weighted by atomic mass is 10.0. The number of allylic oxidation sites excluding steroid dienone is 1. The van der Waals surface area contributed by atoms with Crippen LogP contribution in [0.4, 0.5) is 5.82 Å². The Morgan fingerprint density at radius 2 is 2.12 bits per heavy atom. The van der Waals surface area contributed by atoms with Gasteiger partial charge >= 0.3 is 0 Å². The second kappa shape index (κ2) is 7.59. The third kappa shape index (κ3) is 3.16. The van der Waals surface area contributed by atoms with E-state index in [2.05, 4.69) is 47.4 Å². The van der Waals surface area contributed by atoms with Crippen molar-refractivity contribution >= 4 is 22.5 Å². The fraction of sp³-hybridized carbons (Fsp3) is 0.333. The molecule has 0 aliphatic carbocycles. The largest absolute Gasteiger partial charge is 0.371 e. The van der Waals surface area contributed by atoms with E-state index in [9.17, 15) is 5.26 Å². The maximum atomic E-state index is 9.75. The first-order valence-corrected chi connectivity index (χ1v) is 8.90. The van der Waals surface area contributed by atoms with E-state index in [1.165, 1.54) is 0 Å². The molecule has 3 aromatic rings. The zero-order valence-corrected chi connectivity index (χ0v) is 15.7. The highest BCUT2D eigenvalue weighted by Gasteiger charge is 2.19. The smallest absolute Gasteiger partial charge is 0.157 e. The summed E-state index contributed by atoms with van der Waals surface area (Å²) < 4.78 is 2.09. The molecular formula is C21H25N5. The van der Waals surface area contributed by atoms with Crippen LogP contribution in [-0.4, -0.2) is 41.5 Å². The lowest BCUT2D eigenvalue weighted by Gasteiger charge is -2.18. The standard InChI is InChI=1S/C21H25N5/c1-5-9-16-15(2)17(14-22)21-24-18-10-6-7-11-19(18)26(21)20(16)23-12-8-13-25(3)4/h5-7,10-11,23H,1,8-9,12-13H2,2-4H3. The first-order valence-electron chi connectivity index (χ1n) is 8.90. The summed E-state index contributed by atoms with van der Waals surface area (Å²) in [6.45, 7) is 7.78. The highest BCUT2D eigenvalue weighted by Crippen LogP contribution is 2.31. The molecule has 1 aromatic carbocycles. The van der Waals surface area contributed by atoms with E-state index in [0.29, 0.717) is 17.6 Å². The predicted molar refractivity (Wildman–Crippen MR) is 108 cm³/mol. The number of fused-ring (bicyclic) bond motifs is 3. The van der Waals surface area contributed by atoms with E-state index in [1.807, 2.05) is 31.2 Å². The maximum Gasteiger partial charge on any atom is 0.157 e. The van der Waals surface area contributed by atoms with Crippen LogP contribution in [0.5, 0.6) is 0 Å². The van der Waals surface area contributed by atoms with Crippen molar-refractivity contribution in [2.75, 3.05) is 32.5 Å². The minimum absolute atomic E-state index is 0.636. The number of benzene rings is 1. The summed E-state index contributed by atoms with van der Waals surface area (Å²) in [5.41, 5.74) is 5.35. The van der Waals surface area contributed by atoms with Gasteiger partial charge in [0.1, 0.15) is 11.9 Å². The van der Waals surface area contributed by atoms with Gasteiger partial charge in [0.15, 0.2) is 5.65 Å². The van der Waals surface area contributed by atoms with Crippen molar-refractivity contribution in [1.29, 1.82) is 5.26 Å². The number of para-hydroxylation sites is 2. The zero-order valence-electron chi connectivity index (χ0n) is 15.7. The van der Waals surface area contributed by atoms with Gasteiger partial charge in [-0.2, -0.15) is 5.26 Å². The average Bonchev–Trinajstić information content (AvgIpc) is 3.00. The van der Waals surface area contributed by atoms with Crippen LogP contribution < -0.4 is 5.32 Å². The Morgan fingerprint density at radius 1 is 1.35 bits per heavy atom. The van der Waals surface area contributed by atoms with E-state index in [1.54, 1.807) is 0 Å². The third-order valence-corrected chi connectivity index (χ3v) is 4.66. The fourth-order valence-electron chi connectivity index (χ4n) is 3.37. The quantitative estimate of drug-likeness (QED) is 0.522. The van der Waals surface area contributed by atoms with Crippen LogP contribution in [0.15, 0.2) is 36.9 Å². The summed E-state index contributed by atoms with van der Waals surface area (Å²) in [5.74, 6) is 1.02. The van der Waals surface area contributed by atoms with Crippen LogP contribution >= 0.6 is 0 Å². The minimum Gasteiger partial charge on any atom is -0.371 e. The molecule has 3 rings (SSSR count). The number of nitrogens with one attached hydrogen (secondary N) is 1. The van der Waals surface area contributed by atoms with Gasteiger partial charge < -0.3 is 10.2 Å². The highest BCUT2D eigenvalue weighted by molar-refractivity contribution is 5.86. The molecule has 26 heavy (non-hydrogen) atoms. The molecule has 134 valence electrons. The van der Waals surface area contributed by atoms with Crippen molar-refractivity contribution in [3.05, 3.63) is 53.6 Å². The number of nitriles is 1. The lowest BCUT2D eigenvalue weighted by molar-refractivity contribution is 0.405. The summed E-state index contributed by atoms with van der Waals surface area (Å²) in [5, 5.41) is 13.4. The molecule has 0 amide bonds. The molecule has 0 bridgehead atoms. The molecule has 0 radical (unpaired) electrons. The Morgan fingerprint density at radius 3 is 2.81 bits per heavy atom. The summed E-state index contributed by atoms with van der Waals surface area (Å²) in [7, 11) is 4.16. The van der Waals surface area contributed by atoms with E-state index in [0.717, 1.165) is 47.5 Å². The van der Waals surface area contributed by atoms with Gasteiger partial charge in [0.25, 0.3) is 0 Å². The number of hydrogen-bond acceptors (Lipinski definition) is 4. The number of pyridine rings is 1. The molecule has 1 N–H and O–H groups in total. The Hall–Kier alpha value is -2.84. The molecule has 0 fully saturated rings. The molecule has 5 heteroatoms. The van der Waals surface area contributed by atoms with Crippen LogP contribution in [0.2, 0.25) is 0 Å². The molecule has 0 aliphatic heterocycles. The molecule has 0 atom stereocenters. The van der Waals surface area contributed by atoms with Gasteiger partial charge in [-0.1, -0.05) is 18.2 Å². The third-order valence-electron chi connectivity index (χ3n) is 4.66. The second-order valence-corrected chi connectivity index (χ2v) is 6.77. The van der Waals surface area contributed by atoms with Crippen molar-refractivity contribution in [3.63, 3.8) is 0 Å². The summed E-state index contributed by atoms with van der Waals surface area (Å²) >= 11 is 0. The van der Waals surface area contributed by atoms with Gasteiger partial charge in [-0.3, -0.25) is 4.40 Å². The highest BCUT2D eigenvalue weighted by atomic mass is 15.1. The van der Waals surface area contributed by atoms with Gasteiger partial charge in [-0.15, -0.1) is 6.58 Å². The Balaban J connectivity index is 2.22. The molecule has 0 unspecified atom stereocenters. The number of aromatic nitrogens is 2. The van der Waals surface area contributed by atoms with E-state index < -0.39 is 0 Å². The van der Waals surface area contributed by atoms with Gasteiger partial charge in [0.2, 0.25) is 0 Å². The van der Waals surface area contributed by atoms with Gasteiger partial charge in [0, 0.05) is 12.1 Å². The number of imidazole rings is 1. The molecule has 2 aromatic heterocycles. The monoisotopic (exact) mass is 347 g/mol. The predicted octanol–water partition coefficient (Wildman–Crippen LogP) is 3.76. The van der Waals surface area contributed by atoms with Gasteiger partial charge in [-0.05, 0) is 58.1 Å². The van der Waals surface area contributed by atoms with Crippen molar-refractivity contribution in [2.24, 2.45) is 0 Å². The van der Waals surface area contributed by atoms with Crippen LogP contribution in [0, 0.1) is 18.3 Å². The second-order valence-electron chi connectivity index (χ2n) is 6.77. The fourth-order valence-corrected chi connectivity index (χ4v) is 3.37. The van der Waals surface area contributed by atoms with Crippen molar-refractivity contribution in [3.8, 4) is 6.07 Å². The lowest BCUT2D eigenvalue weighted by Crippen LogP contribution is -2.18. The SMILES string of the molecule is C=CCc1c(C)c(C#N)c2nc3ccccc3n2c1NCCCN(C)C. The van der Waals surface area contributed by atoms with Crippen LogP contribution in [-0.2, 0) is 6.42 Å². The van der Waals surface area contributed by atoms with Crippen molar-refractivity contribution in [1.82, 2.24) is 14.3 Å². The molecule has 2 heterocycles. The number of rotatable bonds is 7. The Kier molecular flexibility index (Phi) is 5.24. The van der Waals surface area contributed by atoms with Gasteiger partial charge in [-0.25, -0.2) is 4.98 Å². The molecule has 0 spiro atoms. The molecular weight excluding hydrogens is 322 g/mol. The molecule has 0 saturated heterocycles. The minimum atomic E-state index is 0.636. The molecule has 0 saturated carbocycles. The topological polar surface area (TPSA) is 56.4 Å². The summed E-state index contributed by atoms with van der Waals surface area (Å²) in [6, 6.07) is 10.4. The number of nitrogens with zero attached hydrogens (tertiary/aromatic N) is 4.